The summed E-state index contributed by atoms with van der Waals surface area (Å²) in [7, 11) is 0. The van der Waals surface area contributed by atoms with Gasteiger partial charge >= 0.3 is 0 Å². The molecule has 7 N–H and O–H groups in total. The summed E-state index contributed by atoms with van der Waals surface area (Å²) in [4.78, 5) is 34.0. The molecular weight excluding hydrogens is 713 g/mol. The number of carbonyl (C=O) groups excluding carboxylic acids is 2. The number of Topliss-reactive ketones (excluding diaryl/α,β-unsaturated/α-hetero) is 2. The molecule has 0 aromatic heterocycles. The first-order valence-corrected chi connectivity index (χ1v) is 21.4. The molecule has 4 aromatic rings. The van der Waals surface area contributed by atoms with Crippen LogP contribution >= 0.6 is 0 Å². The average Bonchev–Trinajstić information content (AvgIpc) is 4.05. The Hall–Kier alpha value is -5.02. The fourth-order valence-electron chi connectivity index (χ4n) is 11.3. The highest BCUT2D eigenvalue weighted by Crippen LogP contribution is 2.42. The van der Waals surface area contributed by atoms with Crippen LogP contribution in [0.25, 0.3) is 0 Å². The van der Waals surface area contributed by atoms with Gasteiger partial charge in [0.2, 0.25) is 0 Å². The van der Waals surface area contributed by atoms with Crippen LogP contribution in [0.2, 0.25) is 0 Å². The Morgan fingerprint density at radius 2 is 0.877 bits per heavy atom. The molecule has 57 heavy (non-hydrogen) atoms. The third-order valence-electron chi connectivity index (χ3n) is 14.2. The topological polar surface area (TPSA) is 176 Å². The number of fused-ring (bicyclic) bond motifs is 8. The molecule has 9 nitrogen and oxygen atoms in total. The molecule has 8 aliphatic rings. The van der Waals surface area contributed by atoms with E-state index in [2.05, 4.69) is 18.2 Å². The lowest BCUT2D eigenvalue weighted by molar-refractivity contribution is -0.386. The SMILES string of the molecule is Nc1c2c(cc3c1CCC3)CCC2.Nc1c2c(cc3c1CCC3=O)CCC2.Nc1c2c(cc3c1CCC3O)CCC2.O=C1CCc2c1cc1c(c2[N+](=O)[O-])CCC1. The molecule has 0 saturated carbocycles. The number of rotatable bonds is 1. The number of hydrogen-bond acceptors (Lipinski definition) is 8. The summed E-state index contributed by atoms with van der Waals surface area (Å²) in [5.74, 6) is 0.342. The van der Waals surface area contributed by atoms with Crippen LogP contribution < -0.4 is 17.2 Å². The van der Waals surface area contributed by atoms with Crippen molar-refractivity contribution in [3.05, 3.63) is 123 Å². The Morgan fingerprint density at radius 1 is 0.474 bits per heavy atom. The summed E-state index contributed by atoms with van der Waals surface area (Å²) in [6.07, 6.45) is 21.1. The number of anilines is 3. The van der Waals surface area contributed by atoms with Crippen LogP contribution in [0.5, 0.6) is 0 Å². The molecule has 0 aliphatic heterocycles. The number of nitrogens with two attached hydrogens (primary N) is 3. The van der Waals surface area contributed by atoms with E-state index < -0.39 is 0 Å². The first-order chi connectivity index (χ1) is 27.6. The van der Waals surface area contributed by atoms with Crippen LogP contribution in [0.4, 0.5) is 22.7 Å². The van der Waals surface area contributed by atoms with Crippen molar-refractivity contribution in [3.63, 3.8) is 0 Å². The molecule has 0 fully saturated rings. The lowest BCUT2D eigenvalue weighted by Gasteiger charge is -2.11. The van der Waals surface area contributed by atoms with E-state index in [1.165, 1.54) is 101 Å². The van der Waals surface area contributed by atoms with Crippen molar-refractivity contribution in [2.24, 2.45) is 0 Å². The van der Waals surface area contributed by atoms with Gasteiger partial charge in [-0.05, 0) is 201 Å². The van der Waals surface area contributed by atoms with Gasteiger partial charge in [0, 0.05) is 52.2 Å². The van der Waals surface area contributed by atoms with Gasteiger partial charge < -0.3 is 22.3 Å². The highest BCUT2D eigenvalue weighted by atomic mass is 16.6. The first kappa shape index (κ1) is 37.6. The van der Waals surface area contributed by atoms with Gasteiger partial charge in [0.05, 0.1) is 11.0 Å². The van der Waals surface area contributed by atoms with E-state index in [1.807, 2.05) is 6.07 Å². The second kappa shape index (κ2) is 15.1. The molecular formula is C48H54N4O5. The van der Waals surface area contributed by atoms with Gasteiger partial charge in [0.25, 0.3) is 5.69 Å². The third-order valence-corrected chi connectivity index (χ3v) is 14.2. The van der Waals surface area contributed by atoms with Crippen molar-refractivity contribution in [1.29, 1.82) is 0 Å². The number of nitrogens with zero attached hydrogens (tertiary/aromatic N) is 1. The molecule has 0 radical (unpaired) electrons. The number of aryl methyl sites for hydroxylation is 5. The van der Waals surface area contributed by atoms with Crippen molar-refractivity contribution < 1.29 is 19.6 Å². The lowest BCUT2D eigenvalue weighted by atomic mass is 9.99. The molecule has 0 amide bonds. The fraction of sp³-hybridized carbons (Fsp3) is 0.458. The number of aliphatic hydroxyl groups excluding tert-OH is 1. The first-order valence-electron chi connectivity index (χ1n) is 21.4. The molecule has 0 heterocycles. The van der Waals surface area contributed by atoms with Crippen molar-refractivity contribution >= 4 is 34.3 Å². The van der Waals surface area contributed by atoms with E-state index in [9.17, 15) is 24.8 Å². The third kappa shape index (κ3) is 6.61. The number of nitro benzene ring substituents is 1. The molecule has 296 valence electrons. The number of aliphatic hydroxyl groups is 1. The molecule has 1 unspecified atom stereocenters. The van der Waals surface area contributed by atoms with E-state index in [0.717, 1.165) is 109 Å². The van der Waals surface area contributed by atoms with Crippen molar-refractivity contribution in [3.8, 4) is 0 Å². The summed E-state index contributed by atoms with van der Waals surface area (Å²) in [6.45, 7) is 0. The van der Waals surface area contributed by atoms with Crippen LogP contribution in [0.3, 0.4) is 0 Å². The Labute approximate surface area is 334 Å². The Bertz CT molecular complexity index is 2350. The molecule has 0 saturated heterocycles. The predicted octanol–water partition coefficient (Wildman–Crippen LogP) is 8.08. The van der Waals surface area contributed by atoms with Crippen molar-refractivity contribution in [2.75, 3.05) is 17.2 Å². The zero-order chi connectivity index (χ0) is 39.5. The van der Waals surface area contributed by atoms with E-state index in [0.29, 0.717) is 30.4 Å². The van der Waals surface area contributed by atoms with Crippen LogP contribution in [0.15, 0.2) is 24.3 Å². The maximum absolute atomic E-state index is 11.6. The Balaban J connectivity index is 0.0000000991. The highest BCUT2D eigenvalue weighted by Gasteiger charge is 2.34. The molecule has 12 rings (SSSR count). The molecule has 4 aromatic carbocycles. The maximum atomic E-state index is 11.6. The fourth-order valence-corrected chi connectivity index (χ4v) is 11.3. The number of carbonyl (C=O) groups is 2. The Morgan fingerprint density at radius 3 is 1.40 bits per heavy atom. The number of nitrogen functional groups attached to an aromatic ring is 3. The van der Waals surface area contributed by atoms with E-state index in [-0.39, 0.29) is 28.3 Å². The van der Waals surface area contributed by atoms with Gasteiger partial charge in [-0.25, -0.2) is 0 Å². The van der Waals surface area contributed by atoms with E-state index in [1.54, 1.807) is 0 Å². The summed E-state index contributed by atoms with van der Waals surface area (Å²) >= 11 is 0. The zero-order valence-corrected chi connectivity index (χ0v) is 33.0. The number of nitro groups is 1. The average molecular weight is 767 g/mol. The second-order valence-corrected chi connectivity index (χ2v) is 17.3. The number of benzene rings is 4. The van der Waals surface area contributed by atoms with Gasteiger partial charge in [-0.1, -0.05) is 12.1 Å². The highest BCUT2D eigenvalue weighted by molar-refractivity contribution is 6.03. The summed E-state index contributed by atoms with van der Waals surface area (Å²) in [6, 6.07) is 8.58. The second-order valence-electron chi connectivity index (χ2n) is 17.3. The minimum atomic E-state index is -0.304. The largest absolute Gasteiger partial charge is 0.398 e. The summed E-state index contributed by atoms with van der Waals surface area (Å²) in [5, 5.41) is 20.9. The lowest BCUT2D eigenvalue weighted by Crippen LogP contribution is -2.02. The van der Waals surface area contributed by atoms with Gasteiger partial charge in [-0.15, -0.1) is 0 Å². The van der Waals surface area contributed by atoms with Crippen LogP contribution in [0.1, 0.15) is 156 Å². The minimum absolute atomic E-state index is 0.0628. The zero-order valence-electron chi connectivity index (χ0n) is 33.0. The van der Waals surface area contributed by atoms with Gasteiger partial charge in [-0.2, -0.15) is 0 Å². The smallest absolute Gasteiger partial charge is 0.276 e. The van der Waals surface area contributed by atoms with Crippen LogP contribution in [-0.4, -0.2) is 21.6 Å². The molecule has 1 atom stereocenters. The molecule has 9 heteroatoms. The normalized spacial score (nSPS) is 19.5. The molecule has 8 aliphatic carbocycles. The number of ketones is 2. The summed E-state index contributed by atoms with van der Waals surface area (Å²) < 4.78 is 0. The Kier molecular flexibility index (Phi) is 9.92. The van der Waals surface area contributed by atoms with E-state index >= 15 is 0 Å². The van der Waals surface area contributed by atoms with Gasteiger partial charge in [-0.3, -0.25) is 19.7 Å². The quantitative estimate of drug-likeness (QED) is 0.0854. The molecule has 0 spiro atoms. The molecule has 0 bridgehead atoms. The van der Waals surface area contributed by atoms with Gasteiger partial charge in [0.1, 0.15) is 0 Å². The predicted molar refractivity (Wildman–Crippen MR) is 224 cm³/mol. The monoisotopic (exact) mass is 766 g/mol. The summed E-state index contributed by atoms with van der Waals surface area (Å²) in [5.41, 5.74) is 40.6. The maximum Gasteiger partial charge on any atom is 0.276 e. The standard InChI is InChI=1S/C12H11NO3.C12H15NO.C12H13NO.C12H15N/c14-11-5-4-9-10(11)6-7-2-1-3-8(7)12(9)13(15)16;2*13-12-8-3-1-2-7(8)6-10-9(12)4-5-11(10)14;13-12-10-5-1-3-8(10)7-9-4-2-6-11(9)12/h6H,1-5H2;6,11,14H,1-5,13H2;6H,1-5,13H2;7H,1-6,13H2. The van der Waals surface area contributed by atoms with Crippen molar-refractivity contribution in [1.82, 2.24) is 0 Å². The minimum Gasteiger partial charge on any atom is -0.398 e. The van der Waals surface area contributed by atoms with Crippen LogP contribution in [-0.2, 0) is 83.5 Å². The van der Waals surface area contributed by atoms with Gasteiger partial charge in [0.15, 0.2) is 11.6 Å². The van der Waals surface area contributed by atoms with Crippen LogP contribution in [0, 0.1) is 10.1 Å². The number of hydrogen-bond donors (Lipinski definition) is 4. The van der Waals surface area contributed by atoms with E-state index in [4.69, 9.17) is 17.2 Å². The van der Waals surface area contributed by atoms with Crippen molar-refractivity contribution in [2.45, 2.75) is 141 Å².